The van der Waals surface area contributed by atoms with Gasteiger partial charge in [0.05, 0.1) is 19.3 Å². The van der Waals surface area contributed by atoms with Crippen LogP contribution in [0, 0.1) is 0 Å². The number of ether oxygens (including phenoxy) is 2. The van der Waals surface area contributed by atoms with Crippen molar-refractivity contribution in [3.63, 3.8) is 0 Å². The molecule has 0 bridgehead atoms. The van der Waals surface area contributed by atoms with Gasteiger partial charge >= 0.3 is 11.9 Å². The molecule has 114 valence electrons. The summed E-state index contributed by atoms with van der Waals surface area (Å²) in [5.74, 6) is -0.767. The Morgan fingerprint density at radius 3 is 2.59 bits per heavy atom. The van der Waals surface area contributed by atoms with Crippen LogP contribution in [0.3, 0.4) is 0 Å². The van der Waals surface area contributed by atoms with Gasteiger partial charge < -0.3 is 9.47 Å². The number of thiophene rings is 1. The fourth-order valence-electron chi connectivity index (χ4n) is 1.77. The maximum atomic E-state index is 11.6. The van der Waals surface area contributed by atoms with E-state index in [0.717, 1.165) is 12.0 Å². The molecule has 0 saturated carbocycles. The molecule has 5 heteroatoms. The van der Waals surface area contributed by atoms with Gasteiger partial charge in [-0.3, -0.25) is 0 Å². The second-order valence-corrected chi connectivity index (χ2v) is 5.48. The summed E-state index contributed by atoms with van der Waals surface area (Å²) in [7, 11) is 1.34. The van der Waals surface area contributed by atoms with Gasteiger partial charge in [-0.2, -0.15) is 0 Å². The molecule has 0 fully saturated rings. The quantitative estimate of drug-likeness (QED) is 0.606. The average molecular weight is 316 g/mol. The molecule has 0 aliphatic heterocycles. The van der Waals surface area contributed by atoms with Gasteiger partial charge in [-0.1, -0.05) is 18.2 Å². The Bertz CT molecular complexity index is 642. The van der Waals surface area contributed by atoms with Crippen molar-refractivity contribution in [1.29, 1.82) is 0 Å². The summed E-state index contributed by atoms with van der Waals surface area (Å²) < 4.78 is 9.74. The molecule has 0 aliphatic rings. The Balaban J connectivity index is 1.80. The van der Waals surface area contributed by atoms with Crippen LogP contribution in [0.25, 0.3) is 6.08 Å². The predicted octanol–water partition coefficient (Wildman–Crippen LogP) is 3.33. The monoisotopic (exact) mass is 316 g/mol. The number of methoxy groups -OCH3 is 1. The zero-order valence-corrected chi connectivity index (χ0v) is 13.0. The average Bonchev–Trinajstić information content (AvgIpc) is 3.06. The Morgan fingerprint density at radius 1 is 1.18 bits per heavy atom. The molecular formula is C17H16O4S. The molecule has 0 aliphatic carbocycles. The molecule has 2 aromatic rings. The van der Waals surface area contributed by atoms with Crippen LogP contribution in [0.5, 0.6) is 0 Å². The minimum Gasteiger partial charge on any atom is -0.465 e. The zero-order chi connectivity index (χ0) is 15.8. The molecule has 0 atom stereocenters. The second kappa shape index (κ2) is 8.14. The summed E-state index contributed by atoms with van der Waals surface area (Å²) >= 11 is 1.64. The first-order chi connectivity index (χ1) is 10.7. The number of carbonyl (C=O) groups is 2. The topological polar surface area (TPSA) is 52.6 Å². The highest BCUT2D eigenvalue weighted by Gasteiger charge is 2.03. The number of hydrogen-bond acceptors (Lipinski definition) is 5. The Kier molecular flexibility index (Phi) is 5.91. The van der Waals surface area contributed by atoms with E-state index in [1.807, 2.05) is 17.5 Å². The third-order valence-corrected chi connectivity index (χ3v) is 3.85. The van der Waals surface area contributed by atoms with Crippen LogP contribution in [0.15, 0.2) is 47.9 Å². The standard InChI is InChI=1S/C17H16O4S/c1-20-17(19)14-7-4-13(5-8-14)6-9-16(18)21-11-10-15-3-2-12-22-15/h2-9,12H,10-11H2,1H3. The van der Waals surface area contributed by atoms with E-state index < -0.39 is 0 Å². The Morgan fingerprint density at radius 2 is 1.95 bits per heavy atom. The highest BCUT2D eigenvalue weighted by Crippen LogP contribution is 2.10. The van der Waals surface area contributed by atoms with Crippen LogP contribution in [0.1, 0.15) is 20.8 Å². The minimum atomic E-state index is -0.386. The zero-order valence-electron chi connectivity index (χ0n) is 12.2. The van der Waals surface area contributed by atoms with Crippen molar-refractivity contribution in [2.45, 2.75) is 6.42 Å². The first-order valence-corrected chi connectivity index (χ1v) is 7.62. The van der Waals surface area contributed by atoms with Crippen molar-refractivity contribution >= 4 is 29.4 Å². The lowest BCUT2D eigenvalue weighted by Gasteiger charge is -2.01. The normalized spacial score (nSPS) is 10.6. The predicted molar refractivity (Wildman–Crippen MR) is 85.8 cm³/mol. The van der Waals surface area contributed by atoms with E-state index in [1.165, 1.54) is 18.1 Å². The minimum absolute atomic E-state index is 0.366. The number of benzene rings is 1. The van der Waals surface area contributed by atoms with Crippen molar-refractivity contribution < 1.29 is 19.1 Å². The van der Waals surface area contributed by atoms with Gasteiger partial charge in [-0.25, -0.2) is 9.59 Å². The molecule has 1 heterocycles. The molecule has 2 rings (SSSR count). The van der Waals surface area contributed by atoms with Gasteiger partial charge in [0.1, 0.15) is 0 Å². The summed E-state index contributed by atoms with van der Waals surface area (Å²) in [5.41, 5.74) is 1.28. The van der Waals surface area contributed by atoms with E-state index in [-0.39, 0.29) is 11.9 Å². The SMILES string of the molecule is COC(=O)c1ccc(C=CC(=O)OCCc2cccs2)cc1. The van der Waals surface area contributed by atoms with Crippen molar-refractivity contribution in [3.05, 3.63) is 63.9 Å². The molecule has 0 amide bonds. The van der Waals surface area contributed by atoms with Crippen LogP contribution >= 0.6 is 11.3 Å². The summed E-state index contributed by atoms with van der Waals surface area (Å²) in [5, 5.41) is 2.00. The van der Waals surface area contributed by atoms with Crippen molar-refractivity contribution in [3.8, 4) is 0 Å². The summed E-state index contributed by atoms with van der Waals surface area (Å²) in [4.78, 5) is 24.1. The van der Waals surface area contributed by atoms with Crippen LogP contribution < -0.4 is 0 Å². The van der Waals surface area contributed by atoms with E-state index in [2.05, 4.69) is 4.74 Å². The lowest BCUT2D eigenvalue weighted by atomic mass is 10.1. The number of esters is 2. The molecule has 0 spiro atoms. The Hall–Kier alpha value is -2.40. The molecule has 0 N–H and O–H groups in total. The highest BCUT2D eigenvalue weighted by molar-refractivity contribution is 7.09. The van der Waals surface area contributed by atoms with Crippen molar-refractivity contribution in [1.82, 2.24) is 0 Å². The van der Waals surface area contributed by atoms with E-state index >= 15 is 0 Å². The van der Waals surface area contributed by atoms with E-state index in [1.54, 1.807) is 41.7 Å². The van der Waals surface area contributed by atoms with Gasteiger partial charge in [0, 0.05) is 17.4 Å². The molecular weight excluding hydrogens is 300 g/mol. The third kappa shape index (κ3) is 4.86. The maximum absolute atomic E-state index is 11.6. The van der Waals surface area contributed by atoms with Crippen LogP contribution in [0.2, 0.25) is 0 Å². The van der Waals surface area contributed by atoms with Gasteiger partial charge in [-0.15, -0.1) is 11.3 Å². The smallest absolute Gasteiger partial charge is 0.337 e. The van der Waals surface area contributed by atoms with Gasteiger partial charge in [0.15, 0.2) is 0 Å². The first kappa shape index (κ1) is 16.0. The summed E-state index contributed by atoms with van der Waals surface area (Å²) in [6, 6.07) is 10.8. The Labute approximate surface area is 133 Å². The third-order valence-electron chi connectivity index (χ3n) is 2.92. The molecule has 1 aromatic carbocycles. The lowest BCUT2D eigenvalue weighted by molar-refractivity contribution is -0.137. The van der Waals surface area contributed by atoms with Crippen molar-refractivity contribution in [2.24, 2.45) is 0 Å². The molecule has 4 nitrogen and oxygen atoms in total. The lowest BCUT2D eigenvalue weighted by Crippen LogP contribution is -2.04. The summed E-state index contributed by atoms with van der Waals surface area (Å²) in [6.45, 7) is 0.366. The van der Waals surface area contributed by atoms with Gasteiger partial charge in [0.2, 0.25) is 0 Å². The molecule has 0 unspecified atom stereocenters. The molecule has 0 radical (unpaired) electrons. The number of hydrogen-bond donors (Lipinski definition) is 0. The number of rotatable bonds is 6. The molecule has 22 heavy (non-hydrogen) atoms. The molecule has 1 aromatic heterocycles. The van der Waals surface area contributed by atoms with E-state index in [9.17, 15) is 9.59 Å². The van der Waals surface area contributed by atoms with Gasteiger partial charge in [0.25, 0.3) is 0 Å². The first-order valence-electron chi connectivity index (χ1n) is 6.74. The van der Waals surface area contributed by atoms with Crippen LogP contribution in [0.4, 0.5) is 0 Å². The molecule has 0 saturated heterocycles. The fourth-order valence-corrected chi connectivity index (χ4v) is 2.46. The van der Waals surface area contributed by atoms with Gasteiger partial charge in [-0.05, 0) is 35.2 Å². The highest BCUT2D eigenvalue weighted by atomic mass is 32.1. The second-order valence-electron chi connectivity index (χ2n) is 4.44. The number of carbonyl (C=O) groups excluding carboxylic acids is 2. The van der Waals surface area contributed by atoms with Crippen LogP contribution in [-0.2, 0) is 20.7 Å². The van der Waals surface area contributed by atoms with Crippen molar-refractivity contribution in [2.75, 3.05) is 13.7 Å². The maximum Gasteiger partial charge on any atom is 0.337 e. The van der Waals surface area contributed by atoms with E-state index in [4.69, 9.17) is 4.74 Å². The fraction of sp³-hybridized carbons (Fsp3) is 0.176. The van der Waals surface area contributed by atoms with E-state index in [0.29, 0.717) is 12.2 Å². The summed E-state index contributed by atoms with van der Waals surface area (Å²) in [6.07, 6.45) is 3.75. The largest absolute Gasteiger partial charge is 0.465 e. The van der Waals surface area contributed by atoms with Crippen LogP contribution in [-0.4, -0.2) is 25.7 Å².